The predicted octanol–water partition coefficient (Wildman–Crippen LogP) is 5.90. The van der Waals surface area contributed by atoms with Crippen LogP contribution in [0.4, 0.5) is 11.5 Å². The molecule has 7 fully saturated rings. The molecule has 75 heavy (non-hydrogen) atoms. The molecule has 2 amide bonds. The van der Waals surface area contributed by atoms with Crippen LogP contribution in [0.2, 0.25) is 0 Å². The van der Waals surface area contributed by atoms with Crippen LogP contribution in [0, 0.1) is 23.2 Å². The summed E-state index contributed by atoms with van der Waals surface area (Å²) in [7, 11) is 0. The van der Waals surface area contributed by atoms with Gasteiger partial charge in [-0.3, -0.25) is 9.59 Å². The number of rotatable bonds is 15. The Labute approximate surface area is 441 Å². The number of allylic oxidation sites excluding steroid dienone is 1. The van der Waals surface area contributed by atoms with Gasteiger partial charge in [-0.15, -0.1) is 0 Å². The third-order valence-corrected chi connectivity index (χ3v) is 16.2. The van der Waals surface area contributed by atoms with Gasteiger partial charge in [-0.2, -0.15) is 5.26 Å². The Bertz CT molecular complexity index is 2680. The number of nitriles is 1. The first-order valence-electron chi connectivity index (χ1n) is 27.1. The molecule has 5 atom stereocenters. The number of carbonyl (C=O) groups excluding carboxylic acids is 2. The number of phenols is 1. The first kappa shape index (κ1) is 52.9. The van der Waals surface area contributed by atoms with Crippen LogP contribution in [-0.2, 0) is 9.59 Å². The number of hydrogen-bond donors (Lipinski definition) is 6. The largest absolute Gasteiger partial charge is 0.507 e. The van der Waals surface area contributed by atoms with E-state index in [9.17, 15) is 19.8 Å². The zero-order valence-corrected chi connectivity index (χ0v) is 43.8. The number of aromatic hydroxyl groups is 1. The Morgan fingerprint density at radius 3 is 2.27 bits per heavy atom. The quantitative estimate of drug-likeness (QED) is 0.0759. The molecular formula is C57H76N12O6. The SMILES string of the molecule is CC(NC(=O)C1CCCN1C(=O)C(c1cc(N2CCC(CN3CCC(O)CC3)CC2)no1)C(C)C)c1ccc(C#N)cc1.NC(N)=C(/C=C(\N)c1ccccc1O)N1C2CC1CN(c1ccnc(OC3CCC3)c1)C2. The van der Waals surface area contributed by atoms with Crippen molar-refractivity contribution in [2.45, 2.75) is 127 Å². The van der Waals surface area contributed by atoms with E-state index in [-0.39, 0.29) is 53.5 Å². The number of nitrogens with two attached hydrogens (primary N) is 3. The molecule has 1 aliphatic carbocycles. The molecule has 2 aromatic heterocycles. The fraction of sp³-hybridized carbons (Fsp3) is 0.526. The van der Waals surface area contributed by atoms with Gasteiger partial charge in [0.1, 0.15) is 29.6 Å². The fourth-order valence-corrected chi connectivity index (χ4v) is 11.6. The molecule has 7 aliphatic rings. The summed E-state index contributed by atoms with van der Waals surface area (Å²) in [6.45, 7) is 13.0. The molecule has 1 saturated carbocycles. The van der Waals surface area contributed by atoms with Crippen molar-refractivity contribution in [3.63, 3.8) is 0 Å². The zero-order valence-electron chi connectivity index (χ0n) is 43.8. The van der Waals surface area contributed by atoms with Gasteiger partial charge < -0.3 is 66.5 Å². The average Bonchev–Trinajstić information content (AvgIpc) is 4.10. The van der Waals surface area contributed by atoms with Gasteiger partial charge in [-0.25, -0.2) is 4.98 Å². The number of aromatic nitrogens is 2. The van der Waals surface area contributed by atoms with E-state index in [2.05, 4.69) is 41.1 Å². The highest BCUT2D eigenvalue weighted by Gasteiger charge is 2.46. The van der Waals surface area contributed by atoms with Crippen molar-refractivity contribution in [1.82, 2.24) is 30.2 Å². The van der Waals surface area contributed by atoms with Crippen LogP contribution in [0.3, 0.4) is 0 Å². The molecule has 18 heteroatoms. The second-order valence-corrected chi connectivity index (χ2v) is 21.8. The predicted molar refractivity (Wildman–Crippen MR) is 288 cm³/mol. The number of nitrogens with one attached hydrogen (secondary N) is 1. The summed E-state index contributed by atoms with van der Waals surface area (Å²) in [5.41, 5.74) is 22.7. The number of ether oxygens (including phenoxy) is 1. The van der Waals surface area contributed by atoms with Crippen LogP contribution in [0.1, 0.15) is 119 Å². The van der Waals surface area contributed by atoms with E-state index in [1.165, 1.54) is 6.42 Å². The number of fused-ring (bicyclic) bond motifs is 2. The van der Waals surface area contributed by atoms with Crippen LogP contribution < -0.4 is 37.1 Å². The molecule has 6 saturated heterocycles. The number of anilines is 2. The standard InChI is InChI=1S/C33H46N6O4.C24H30N6O2/c1-22(2)31(29-19-30(36-43-29)38-17-10-25(11-18-38)21-37-15-12-27(40)13-16-37)33(42)39-14-4-5-28(39)32(41)35-23(3)26-8-6-24(20-34)7-9-26;25-20(19-6-1-2-7-22(19)31)12-21(24(26)27)30-16-10-17(30)14-29(13-16)15-8-9-28-23(11-15)32-18-4-3-5-18/h6-9,19,22-23,25,27-28,31,40H,4-5,10-18,21H2,1-3H3,(H,35,41);1-2,6-9,11-12,16-18,31H,3-5,10,13-14,25-27H2/b;20-12-. The second-order valence-electron chi connectivity index (χ2n) is 21.8. The van der Waals surface area contributed by atoms with Crippen LogP contribution in [-0.4, -0.2) is 130 Å². The molecule has 18 nitrogen and oxygen atoms in total. The number of benzene rings is 2. The molecule has 2 bridgehead atoms. The number of carbonyl (C=O) groups is 2. The lowest BCUT2D eigenvalue weighted by Gasteiger charge is -2.58. The van der Waals surface area contributed by atoms with Crippen molar-refractivity contribution in [1.29, 1.82) is 5.26 Å². The van der Waals surface area contributed by atoms with E-state index >= 15 is 0 Å². The topological polar surface area (TPSA) is 253 Å². The van der Waals surface area contributed by atoms with Crippen molar-refractivity contribution >= 4 is 29.0 Å². The lowest BCUT2D eigenvalue weighted by atomic mass is 9.86. The van der Waals surface area contributed by atoms with Crippen LogP contribution in [0.15, 0.2) is 95.0 Å². The van der Waals surface area contributed by atoms with E-state index in [0.29, 0.717) is 53.5 Å². The molecule has 2 aromatic carbocycles. The second kappa shape index (κ2) is 23.7. The van der Waals surface area contributed by atoms with Crippen molar-refractivity contribution in [3.8, 4) is 17.7 Å². The number of para-hydroxylation sites is 1. The third-order valence-electron chi connectivity index (χ3n) is 16.2. The van der Waals surface area contributed by atoms with Gasteiger partial charge in [0.05, 0.1) is 29.5 Å². The minimum Gasteiger partial charge on any atom is -0.507 e. The molecule has 9 N–H and O–H groups in total. The maximum Gasteiger partial charge on any atom is 0.243 e. The van der Waals surface area contributed by atoms with Gasteiger partial charge in [0.15, 0.2) is 11.6 Å². The minimum absolute atomic E-state index is 0.0241. The summed E-state index contributed by atoms with van der Waals surface area (Å²) in [5.74, 6) is 2.24. The maximum absolute atomic E-state index is 14.0. The molecule has 11 rings (SSSR count). The third kappa shape index (κ3) is 12.4. The number of hydrogen-bond acceptors (Lipinski definition) is 16. The number of aliphatic hydroxyl groups excluding tert-OH is 1. The zero-order chi connectivity index (χ0) is 52.8. The number of piperidine rings is 3. The normalized spacial score (nSPS) is 22.3. The Morgan fingerprint density at radius 1 is 0.893 bits per heavy atom. The Kier molecular flexibility index (Phi) is 16.7. The van der Waals surface area contributed by atoms with Crippen LogP contribution in [0.25, 0.3) is 5.70 Å². The summed E-state index contributed by atoms with van der Waals surface area (Å²) in [5, 5.41) is 36.4. The van der Waals surface area contributed by atoms with E-state index in [0.717, 1.165) is 120 Å². The minimum atomic E-state index is -0.529. The summed E-state index contributed by atoms with van der Waals surface area (Å²) in [6, 6.07) is 22.1. The lowest BCUT2D eigenvalue weighted by molar-refractivity contribution is -0.141. The number of likely N-dealkylation sites (tertiary alicyclic amines) is 2. The fourth-order valence-electron chi connectivity index (χ4n) is 11.6. The summed E-state index contributed by atoms with van der Waals surface area (Å²) in [4.78, 5) is 42.8. The molecule has 0 radical (unpaired) electrons. The number of pyridine rings is 1. The number of piperazine rings is 1. The van der Waals surface area contributed by atoms with Gasteiger partial charge >= 0.3 is 0 Å². The maximum atomic E-state index is 14.0. The highest BCUT2D eigenvalue weighted by atomic mass is 16.5. The van der Waals surface area contributed by atoms with Gasteiger partial charge in [0.2, 0.25) is 17.7 Å². The van der Waals surface area contributed by atoms with Gasteiger partial charge in [-0.05, 0) is 125 Å². The molecule has 8 heterocycles. The molecule has 6 aliphatic heterocycles. The van der Waals surface area contributed by atoms with Crippen LogP contribution in [0.5, 0.6) is 11.6 Å². The monoisotopic (exact) mass is 1020 g/mol. The molecule has 0 spiro atoms. The number of aliphatic hydroxyl groups is 1. The van der Waals surface area contributed by atoms with E-state index in [4.69, 9.17) is 31.7 Å². The molecule has 5 unspecified atom stereocenters. The highest BCUT2D eigenvalue weighted by Crippen LogP contribution is 2.40. The van der Waals surface area contributed by atoms with Crippen molar-refractivity contribution in [2.24, 2.45) is 29.0 Å². The lowest BCUT2D eigenvalue weighted by Crippen LogP contribution is -2.68. The van der Waals surface area contributed by atoms with E-state index < -0.39 is 12.0 Å². The summed E-state index contributed by atoms with van der Waals surface area (Å²) < 4.78 is 11.8. The Balaban J connectivity index is 0.000000191. The van der Waals surface area contributed by atoms with E-state index in [1.54, 1.807) is 41.3 Å². The number of phenolic OH excluding ortho intramolecular Hbond substituents is 1. The summed E-state index contributed by atoms with van der Waals surface area (Å²) in [6.07, 6.45) is 13.6. The van der Waals surface area contributed by atoms with Gasteiger partial charge in [0, 0.05) is 99.7 Å². The van der Waals surface area contributed by atoms with Crippen molar-refractivity contribution in [3.05, 3.63) is 113 Å². The summed E-state index contributed by atoms with van der Waals surface area (Å²) >= 11 is 0. The van der Waals surface area contributed by atoms with E-state index in [1.807, 2.05) is 63.4 Å². The molecular weight excluding hydrogens is 949 g/mol. The van der Waals surface area contributed by atoms with Gasteiger partial charge in [0.25, 0.3) is 0 Å². The smallest absolute Gasteiger partial charge is 0.243 e. The molecule has 400 valence electrons. The Morgan fingerprint density at radius 2 is 1.61 bits per heavy atom. The molecule has 4 aromatic rings. The van der Waals surface area contributed by atoms with Crippen LogP contribution >= 0.6 is 0 Å². The Hall–Kier alpha value is -6.97. The first-order valence-corrected chi connectivity index (χ1v) is 27.1. The first-order chi connectivity index (χ1) is 36.2. The number of nitrogens with zero attached hydrogens (tertiary/aromatic N) is 8. The highest BCUT2D eigenvalue weighted by molar-refractivity contribution is 5.91. The van der Waals surface area contributed by atoms with Crippen molar-refractivity contribution < 1.29 is 29.1 Å². The van der Waals surface area contributed by atoms with Crippen molar-refractivity contribution in [2.75, 3.05) is 62.2 Å². The van der Waals surface area contributed by atoms with Gasteiger partial charge in [-0.1, -0.05) is 43.3 Å². The number of amides is 2. The average molecular weight is 1030 g/mol.